The van der Waals surface area contributed by atoms with Crippen molar-refractivity contribution in [1.82, 2.24) is 15.1 Å². The number of carbonyl (C=O) groups is 1. The van der Waals surface area contributed by atoms with Gasteiger partial charge in [0.1, 0.15) is 0 Å². The van der Waals surface area contributed by atoms with Crippen LogP contribution >= 0.6 is 15.9 Å². The third-order valence-electron chi connectivity index (χ3n) is 3.08. The first kappa shape index (κ1) is 13.8. The molecule has 100 valence electrons. The molecule has 1 amide bonds. The Bertz CT molecular complexity index is 599. The van der Waals surface area contributed by atoms with Gasteiger partial charge in [-0.15, -0.1) is 0 Å². The maximum atomic E-state index is 12.1. The van der Waals surface area contributed by atoms with Crippen molar-refractivity contribution in [3.63, 3.8) is 0 Å². The van der Waals surface area contributed by atoms with Crippen LogP contribution in [0.4, 0.5) is 0 Å². The van der Waals surface area contributed by atoms with E-state index in [1.807, 2.05) is 39.1 Å². The monoisotopic (exact) mass is 321 g/mol. The van der Waals surface area contributed by atoms with E-state index in [1.165, 1.54) is 0 Å². The summed E-state index contributed by atoms with van der Waals surface area (Å²) in [6.45, 7) is 4.44. The lowest BCUT2D eigenvalue weighted by Gasteiger charge is -2.06. The molecule has 2 rings (SSSR count). The summed E-state index contributed by atoms with van der Waals surface area (Å²) in [7, 11) is 1.89. The molecule has 1 N–H and O–H groups in total. The number of benzene rings is 1. The topological polar surface area (TPSA) is 46.9 Å². The summed E-state index contributed by atoms with van der Waals surface area (Å²) in [5, 5.41) is 7.06. The lowest BCUT2D eigenvalue weighted by Crippen LogP contribution is -2.23. The minimum absolute atomic E-state index is 0.0762. The molecule has 0 fully saturated rings. The van der Waals surface area contributed by atoms with Gasteiger partial charge in [0.05, 0.1) is 6.20 Å². The van der Waals surface area contributed by atoms with E-state index in [0.717, 1.165) is 21.3 Å². The molecule has 5 heteroatoms. The highest BCUT2D eigenvalue weighted by Crippen LogP contribution is 2.15. The van der Waals surface area contributed by atoms with E-state index in [4.69, 9.17) is 0 Å². The van der Waals surface area contributed by atoms with Crippen LogP contribution in [0.5, 0.6) is 0 Å². The number of halogens is 1. The molecule has 0 radical (unpaired) electrons. The van der Waals surface area contributed by atoms with Gasteiger partial charge in [-0.05, 0) is 37.6 Å². The Morgan fingerprint density at radius 3 is 2.68 bits per heavy atom. The van der Waals surface area contributed by atoms with Crippen LogP contribution in [0.1, 0.15) is 27.2 Å². The third-order valence-corrected chi connectivity index (χ3v) is 3.54. The van der Waals surface area contributed by atoms with E-state index < -0.39 is 0 Å². The molecular formula is C14H16BrN3O. The zero-order valence-corrected chi connectivity index (χ0v) is 12.8. The van der Waals surface area contributed by atoms with Crippen LogP contribution in [0.3, 0.4) is 0 Å². The zero-order chi connectivity index (χ0) is 14.0. The third kappa shape index (κ3) is 3.23. The SMILES string of the molecule is Cc1cc(Br)cc(C(=O)NCc2cnn(C)c2C)c1. The van der Waals surface area contributed by atoms with E-state index in [2.05, 4.69) is 26.3 Å². The number of amides is 1. The van der Waals surface area contributed by atoms with Crippen LogP contribution in [-0.4, -0.2) is 15.7 Å². The molecular weight excluding hydrogens is 306 g/mol. The fourth-order valence-electron chi connectivity index (χ4n) is 1.86. The lowest BCUT2D eigenvalue weighted by molar-refractivity contribution is 0.0950. The molecule has 2 aromatic rings. The number of aryl methyl sites for hydroxylation is 2. The number of rotatable bonds is 3. The first-order valence-corrected chi connectivity index (χ1v) is 6.79. The van der Waals surface area contributed by atoms with Crippen LogP contribution in [0, 0.1) is 13.8 Å². The van der Waals surface area contributed by atoms with Crippen molar-refractivity contribution < 1.29 is 4.79 Å². The molecule has 4 nitrogen and oxygen atoms in total. The summed E-state index contributed by atoms with van der Waals surface area (Å²) in [5.41, 5.74) is 3.80. The van der Waals surface area contributed by atoms with Crippen LogP contribution in [0.15, 0.2) is 28.9 Å². The molecule has 0 saturated carbocycles. The van der Waals surface area contributed by atoms with Crippen LogP contribution in [0.25, 0.3) is 0 Å². The van der Waals surface area contributed by atoms with Crippen LogP contribution < -0.4 is 5.32 Å². The van der Waals surface area contributed by atoms with Crippen LogP contribution in [-0.2, 0) is 13.6 Å². The lowest BCUT2D eigenvalue weighted by atomic mass is 10.1. The Morgan fingerprint density at radius 2 is 2.11 bits per heavy atom. The predicted molar refractivity (Wildman–Crippen MR) is 78.0 cm³/mol. The molecule has 1 aromatic carbocycles. The van der Waals surface area contributed by atoms with E-state index in [1.54, 1.807) is 10.9 Å². The molecule has 19 heavy (non-hydrogen) atoms. The van der Waals surface area contributed by atoms with Crippen molar-refractivity contribution in [3.8, 4) is 0 Å². The molecule has 0 atom stereocenters. The van der Waals surface area contributed by atoms with Crippen molar-refractivity contribution in [1.29, 1.82) is 0 Å². The van der Waals surface area contributed by atoms with E-state index in [9.17, 15) is 4.79 Å². The quantitative estimate of drug-likeness (QED) is 0.944. The fraction of sp³-hybridized carbons (Fsp3) is 0.286. The molecule has 0 bridgehead atoms. The molecule has 1 aromatic heterocycles. The molecule has 0 spiro atoms. The van der Waals surface area contributed by atoms with Gasteiger partial charge in [-0.2, -0.15) is 5.10 Å². The van der Waals surface area contributed by atoms with Gasteiger partial charge < -0.3 is 5.32 Å². The largest absolute Gasteiger partial charge is 0.348 e. The van der Waals surface area contributed by atoms with Crippen LogP contribution in [0.2, 0.25) is 0 Å². The zero-order valence-electron chi connectivity index (χ0n) is 11.2. The number of hydrogen-bond acceptors (Lipinski definition) is 2. The van der Waals surface area contributed by atoms with Gasteiger partial charge in [-0.25, -0.2) is 0 Å². The van der Waals surface area contributed by atoms with E-state index >= 15 is 0 Å². The molecule has 0 aliphatic rings. The Morgan fingerprint density at radius 1 is 1.37 bits per heavy atom. The normalized spacial score (nSPS) is 10.5. The van der Waals surface area contributed by atoms with Gasteiger partial charge in [0.2, 0.25) is 0 Å². The second-order valence-corrected chi connectivity index (χ2v) is 5.49. The highest BCUT2D eigenvalue weighted by Gasteiger charge is 2.09. The molecule has 0 unspecified atom stereocenters. The first-order chi connectivity index (χ1) is 8.97. The van der Waals surface area contributed by atoms with E-state index in [-0.39, 0.29) is 5.91 Å². The Kier molecular flexibility index (Phi) is 4.04. The van der Waals surface area contributed by atoms with Crippen molar-refractivity contribution in [2.75, 3.05) is 0 Å². The predicted octanol–water partition coefficient (Wildman–Crippen LogP) is 2.73. The number of carbonyl (C=O) groups excluding carboxylic acids is 1. The smallest absolute Gasteiger partial charge is 0.251 e. The van der Waals surface area contributed by atoms with Crippen molar-refractivity contribution in [2.45, 2.75) is 20.4 Å². The molecule has 1 heterocycles. The number of nitrogens with zero attached hydrogens (tertiary/aromatic N) is 2. The highest BCUT2D eigenvalue weighted by molar-refractivity contribution is 9.10. The molecule has 0 saturated heterocycles. The van der Waals surface area contributed by atoms with E-state index in [0.29, 0.717) is 12.1 Å². The Labute approximate surface area is 120 Å². The minimum atomic E-state index is -0.0762. The number of aromatic nitrogens is 2. The van der Waals surface area contributed by atoms with Gasteiger partial charge in [-0.3, -0.25) is 9.48 Å². The second kappa shape index (κ2) is 5.57. The van der Waals surface area contributed by atoms with Gasteiger partial charge in [0.15, 0.2) is 0 Å². The number of hydrogen-bond donors (Lipinski definition) is 1. The standard InChI is InChI=1S/C14H16BrN3O/c1-9-4-11(6-13(15)5-9)14(19)16-7-12-8-17-18(3)10(12)2/h4-6,8H,7H2,1-3H3,(H,16,19). The summed E-state index contributed by atoms with van der Waals surface area (Å²) >= 11 is 3.40. The highest BCUT2D eigenvalue weighted by atomic mass is 79.9. The molecule has 0 aliphatic heterocycles. The minimum Gasteiger partial charge on any atom is -0.348 e. The summed E-state index contributed by atoms with van der Waals surface area (Å²) in [6, 6.07) is 5.66. The summed E-state index contributed by atoms with van der Waals surface area (Å²) in [5.74, 6) is -0.0762. The maximum Gasteiger partial charge on any atom is 0.251 e. The average Bonchev–Trinajstić information content (AvgIpc) is 2.66. The van der Waals surface area contributed by atoms with Gasteiger partial charge >= 0.3 is 0 Å². The van der Waals surface area contributed by atoms with Gasteiger partial charge in [0.25, 0.3) is 5.91 Å². The summed E-state index contributed by atoms with van der Waals surface area (Å²) < 4.78 is 2.71. The first-order valence-electron chi connectivity index (χ1n) is 6.00. The van der Waals surface area contributed by atoms with Gasteiger partial charge in [0, 0.05) is 34.9 Å². The van der Waals surface area contributed by atoms with Crippen molar-refractivity contribution in [2.24, 2.45) is 7.05 Å². The summed E-state index contributed by atoms with van der Waals surface area (Å²) in [4.78, 5) is 12.1. The fourth-order valence-corrected chi connectivity index (χ4v) is 2.47. The average molecular weight is 322 g/mol. The maximum absolute atomic E-state index is 12.1. The Hall–Kier alpha value is -1.62. The Balaban J connectivity index is 2.07. The van der Waals surface area contributed by atoms with Crippen molar-refractivity contribution >= 4 is 21.8 Å². The van der Waals surface area contributed by atoms with Gasteiger partial charge in [-0.1, -0.05) is 15.9 Å². The molecule has 0 aliphatic carbocycles. The number of nitrogens with one attached hydrogen (secondary N) is 1. The second-order valence-electron chi connectivity index (χ2n) is 4.58. The summed E-state index contributed by atoms with van der Waals surface area (Å²) in [6.07, 6.45) is 1.78. The van der Waals surface area contributed by atoms with Crippen molar-refractivity contribution in [3.05, 3.63) is 51.3 Å².